The van der Waals surface area contributed by atoms with Gasteiger partial charge in [0.2, 0.25) is 0 Å². The van der Waals surface area contributed by atoms with Gasteiger partial charge in [-0.2, -0.15) is 0 Å². The van der Waals surface area contributed by atoms with E-state index in [1.807, 2.05) is 0 Å². The molecule has 0 bridgehead atoms. The molecule has 0 aromatic heterocycles. The number of nitrogen functional groups attached to an aromatic ring is 1. The highest BCUT2D eigenvalue weighted by molar-refractivity contribution is 5.99. The molecule has 0 radical (unpaired) electrons. The molecule has 1 aromatic carbocycles. The van der Waals surface area contributed by atoms with Crippen LogP contribution in [0.15, 0.2) is 18.2 Å². The largest absolute Gasteiger partial charge is 0.399 e. The van der Waals surface area contributed by atoms with Crippen molar-refractivity contribution in [3.63, 3.8) is 0 Å². The zero-order valence-corrected chi connectivity index (χ0v) is 10.5. The van der Waals surface area contributed by atoms with Crippen molar-refractivity contribution in [2.45, 2.75) is 39.2 Å². The summed E-state index contributed by atoms with van der Waals surface area (Å²) in [5.74, 6) is -0.435. The Hall–Kier alpha value is -1.71. The zero-order valence-electron chi connectivity index (χ0n) is 10.5. The standard InChI is InChI=1S/C13H21N3O/c1-3-4-5-9(2)16-12-8-10(14)6-7-11(12)13(15)17/h6-9,16H,3-5,14H2,1-2H3,(H2,15,17). The summed E-state index contributed by atoms with van der Waals surface area (Å²) in [7, 11) is 0. The van der Waals surface area contributed by atoms with Gasteiger partial charge in [0, 0.05) is 17.4 Å². The molecular weight excluding hydrogens is 214 g/mol. The van der Waals surface area contributed by atoms with E-state index in [-0.39, 0.29) is 0 Å². The molecule has 1 aromatic rings. The van der Waals surface area contributed by atoms with E-state index in [9.17, 15) is 4.79 Å². The molecule has 0 aliphatic carbocycles. The molecule has 0 heterocycles. The first-order chi connectivity index (χ1) is 8.04. The minimum absolute atomic E-state index is 0.301. The molecule has 0 aliphatic rings. The molecule has 0 saturated heterocycles. The van der Waals surface area contributed by atoms with Crippen molar-refractivity contribution in [3.05, 3.63) is 23.8 Å². The highest BCUT2D eigenvalue weighted by Gasteiger charge is 2.10. The lowest BCUT2D eigenvalue weighted by Crippen LogP contribution is -2.20. The van der Waals surface area contributed by atoms with Gasteiger partial charge in [0.1, 0.15) is 0 Å². The molecule has 17 heavy (non-hydrogen) atoms. The van der Waals surface area contributed by atoms with E-state index in [0.717, 1.165) is 24.9 Å². The Kier molecular flexibility index (Phi) is 4.82. The van der Waals surface area contributed by atoms with Crippen LogP contribution in [0.2, 0.25) is 0 Å². The first-order valence-corrected chi connectivity index (χ1v) is 6.00. The third kappa shape index (κ3) is 3.98. The average molecular weight is 235 g/mol. The summed E-state index contributed by atoms with van der Waals surface area (Å²) in [4.78, 5) is 11.3. The van der Waals surface area contributed by atoms with Crippen molar-refractivity contribution in [2.24, 2.45) is 5.73 Å². The first-order valence-electron chi connectivity index (χ1n) is 6.00. The highest BCUT2D eigenvalue weighted by Crippen LogP contribution is 2.20. The van der Waals surface area contributed by atoms with Crippen LogP contribution in [0.25, 0.3) is 0 Å². The summed E-state index contributed by atoms with van der Waals surface area (Å²) in [5, 5.41) is 3.29. The summed E-state index contributed by atoms with van der Waals surface area (Å²) in [6, 6.07) is 5.40. The fraction of sp³-hybridized carbons (Fsp3) is 0.462. The van der Waals surface area contributed by atoms with Gasteiger partial charge in [0.05, 0.1) is 5.56 Å². The van der Waals surface area contributed by atoms with Crippen LogP contribution in [-0.4, -0.2) is 11.9 Å². The highest BCUT2D eigenvalue weighted by atomic mass is 16.1. The van der Waals surface area contributed by atoms with E-state index in [0.29, 0.717) is 17.3 Å². The van der Waals surface area contributed by atoms with Crippen LogP contribution in [0.3, 0.4) is 0 Å². The lowest BCUT2D eigenvalue weighted by molar-refractivity contribution is 0.100. The van der Waals surface area contributed by atoms with E-state index < -0.39 is 5.91 Å². The van der Waals surface area contributed by atoms with Crippen LogP contribution < -0.4 is 16.8 Å². The van der Waals surface area contributed by atoms with Gasteiger partial charge in [-0.05, 0) is 31.5 Å². The Morgan fingerprint density at radius 3 is 2.76 bits per heavy atom. The first kappa shape index (κ1) is 13.4. The van der Waals surface area contributed by atoms with E-state index >= 15 is 0 Å². The Balaban J connectivity index is 2.81. The number of anilines is 2. The number of nitrogens with one attached hydrogen (secondary N) is 1. The second-order valence-electron chi connectivity index (χ2n) is 4.36. The van der Waals surface area contributed by atoms with Crippen LogP contribution in [0.5, 0.6) is 0 Å². The number of benzene rings is 1. The number of carbonyl (C=O) groups is 1. The number of nitrogens with two attached hydrogens (primary N) is 2. The van der Waals surface area contributed by atoms with Gasteiger partial charge in [-0.1, -0.05) is 19.8 Å². The van der Waals surface area contributed by atoms with Crippen molar-refractivity contribution in [3.8, 4) is 0 Å². The predicted molar refractivity (Wildman–Crippen MR) is 72.0 cm³/mol. The normalized spacial score (nSPS) is 12.1. The summed E-state index contributed by atoms with van der Waals surface area (Å²) >= 11 is 0. The molecule has 94 valence electrons. The van der Waals surface area contributed by atoms with Crippen LogP contribution in [0.4, 0.5) is 11.4 Å². The molecule has 4 heteroatoms. The maximum atomic E-state index is 11.3. The number of rotatable bonds is 6. The second-order valence-corrected chi connectivity index (χ2v) is 4.36. The second kappa shape index (κ2) is 6.13. The van der Waals surface area contributed by atoms with Crippen molar-refractivity contribution in [1.82, 2.24) is 0 Å². The number of primary amides is 1. The van der Waals surface area contributed by atoms with E-state index in [4.69, 9.17) is 11.5 Å². The summed E-state index contributed by atoms with van der Waals surface area (Å²) in [6.07, 6.45) is 3.37. The van der Waals surface area contributed by atoms with Gasteiger partial charge in [-0.25, -0.2) is 0 Å². The van der Waals surface area contributed by atoms with Crippen LogP contribution in [0, 0.1) is 0 Å². The number of hydrogen-bond acceptors (Lipinski definition) is 3. The summed E-state index contributed by atoms with van der Waals surface area (Å²) < 4.78 is 0. The van der Waals surface area contributed by atoms with E-state index in [1.54, 1.807) is 18.2 Å². The average Bonchev–Trinajstić information content (AvgIpc) is 2.26. The Morgan fingerprint density at radius 2 is 2.18 bits per heavy atom. The van der Waals surface area contributed by atoms with Gasteiger partial charge in [-0.3, -0.25) is 4.79 Å². The van der Waals surface area contributed by atoms with Crippen LogP contribution >= 0.6 is 0 Å². The smallest absolute Gasteiger partial charge is 0.250 e. The number of unbranched alkanes of at least 4 members (excludes halogenated alkanes) is 1. The molecule has 0 aliphatic heterocycles. The number of amides is 1. The molecule has 1 rings (SSSR count). The lowest BCUT2D eigenvalue weighted by Gasteiger charge is -2.17. The van der Waals surface area contributed by atoms with Crippen molar-refractivity contribution in [1.29, 1.82) is 0 Å². The van der Waals surface area contributed by atoms with Crippen molar-refractivity contribution >= 4 is 17.3 Å². The van der Waals surface area contributed by atoms with Crippen LogP contribution in [-0.2, 0) is 0 Å². The molecule has 5 N–H and O–H groups in total. The minimum atomic E-state index is -0.435. The van der Waals surface area contributed by atoms with Gasteiger partial charge in [0.25, 0.3) is 5.91 Å². The fourth-order valence-corrected chi connectivity index (χ4v) is 1.74. The molecule has 1 amide bonds. The van der Waals surface area contributed by atoms with Crippen molar-refractivity contribution in [2.75, 3.05) is 11.1 Å². The van der Waals surface area contributed by atoms with Gasteiger partial charge >= 0.3 is 0 Å². The van der Waals surface area contributed by atoms with Gasteiger partial charge in [-0.15, -0.1) is 0 Å². The number of carbonyl (C=O) groups excluding carboxylic acids is 1. The zero-order chi connectivity index (χ0) is 12.8. The van der Waals surface area contributed by atoms with E-state index in [1.165, 1.54) is 0 Å². The predicted octanol–water partition coefficient (Wildman–Crippen LogP) is 2.36. The van der Waals surface area contributed by atoms with Crippen LogP contribution in [0.1, 0.15) is 43.5 Å². The van der Waals surface area contributed by atoms with Gasteiger partial charge in [0.15, 0.2) is 0 Å². The SMILES string of the molecule is CCCCC(C)Nc1cc(N)ccc1C(N)=O. The molecule has 0 saturated carbocycles. The van der Waals surface area contributed by atoms with Crippen molar-refractivity contribution < 1.29 is 4.79 Å². The molecule has 1 atom stereocenters. The maximum Gasteiger partial charge on any atom is 0.250 e. The summed E-state index contributed by atoms with van der Waals surface area (Å²) in [5.41, 5.74) is 12.9. The third-order valence-electron chi connectivity index (χ3n) is 2.70. The topological polar surface area (TPSA) is 81.1 Å². The molecule has 0 fully saturated rings. The molecule has 0 spiro atoms. The monoisotopic (exact) mass is 235 g/mol. The Morgan fingerprint density at radius 1 is 1.47 bits per heavy atom. The molecule has 1 unspecified atom stereocenters. The Labute approximate surface area is 102 Å². The van der Waals surface area contributed by atoms with E-state index in [2.05, 4.69) is 19.2 Å². The minimum Gasteiger partial charge on any atom is -0.399 e. The molecule has 4 nitrogen and oxygen atoms in total. The third-order valence-corrected chi connectivity index (χ3v) is 2.70. The quantitative estimate of drug-likeness (QED) is 0.662. The van der Waals surface area contributed by atoms with Gasteiger partial charge < -0.3 is 16.8 Å². The fourth-order valence-electron chi connectivity index (χ4n) is 1.74. The summed E-state index contributed by atoms with van der Waals surface area (Å²) in [6.45, 7) is 4.24. The Bertz CT molecular complexity index is 390. The lowest BCUT2D eigenvalue weighted by atomic mass is 10.1. The maximum absolute atomic E-state index is 11.3. The molecular formula is C13H21N3O. The number of hydrogen-bond donors (Lipinski definition) is 3.